The zero-order valence-electron chi connectivity index (χ0n) is 12.5. The molecule has 114 valence electrons. The maximum atomic E-state index is 5.85. The quantitative estimate of drug-likeness (QED) is 0.807. The minimum Gasteiger partial charge on any atom is -0.378 e. The fourth-order valence-electron chi connectivity index (χ4n) is 3.58. The van der Waals surface area contributed by atoms with Gasteiger partial charge < -0.3 is 19.7 Å². The molecule has 2 fully saturated rings. The van der Waals surface area contributed by atoms with Crippen molar-refractivity contribution in [3.05, 3.63) is 17.0 Å². The van der Waals surface area contributed by atoms with Crippen molar-refractivity contribution in [2.45, 2.75) is 25.4 Å². The molecule has 0 amide bonds. The van der Waals surface area contributed by atoms with Crippen LogP contribution in [-0.4, -0.2) is 56.0 Å². The van der Waals surface area contributed by atoms with E-state index in [9.17, 15) is 0 Å². The number of ether oxygens (including phenoxy) is 2. The molecule has 0 aliphatic carbocycles. The number of nitrogens with zero attached hydrogens (tertiary/aromatic N) is 3. The Balaban J connectivity index is 1.76. The van der Waals surface area contributed by atoms with Crippen molar-refractivity contribution in [3.63, 3.8) is 0 Å². The van der Waals surface area contributed by atoms with E-state index >= 15 is 0 Å². The second-order valence-electron chi connectivity index (χ2n) is 6.24. The van der Waals surface area contributed by atoms with Crippen LogP contribution in [0.15, 0.2) is 0 Å². The standard InChI is InChI=1S/C15H22N4O2/c1-11-12-8-21-10-15(2-3-16-9-15)13(12)18-14(17-11)19-4-6-20-7-5-19/h16H,2-10H2,1H3/t15-/m0/s1. The number of morpholine rings is 1. The van der Waals surface area contributed by atoms with Gasteiger partial charge in [-0.1, -0.05) is 0 Å². The van der Waals surface area contributed by atoms with Crippen LogP contribution in [0.2, 0.25) is 0 Å². The molecule has 1 spiro atoms. The Morgan fingerprint density at radius 2 is 2.05 bits per heavy atom. The van der Waals surface area contributed by atoms with Crippen LogP contribution in [0.25, 0.3) is 0 Å². The summed E-state index contributed by atoms with van der Waals surface area (Å²) in [5.41, 5.74) is 3.52. The Labute approximate surface area is 124 Å². The summed E-state index contributed by atoms with van der Waals surface area (Å²) in [6.07, 6.45) is 1.10. The van der Waals surface area contributed by atoms with Gasteiger partial charge in [0.1, 0.15) is 0 Å². The third kappa shape index (κ3) is 2.22. The minimum atomic E-state index is 0.0440. The largest absolute Gasteiger partial charge is 0.378 e. The lowest BCUT2D eigenvalue weighted by Crippen LogP contribution is -2.42. The number of anilines is 1. The second kappa shape index (κ2) is 5.19. The van der Waals surface area contributed by atoms with Crippen molar-refractivity contribution < 1.29 is 9.47 Å². The first-order valence-corrected chi connectivity index (χ1v) is 7.78. The Bertz CT molecular complexity index is 537. The summed E-state index contributed by atoms with van der Waals surface area (Å²) in [7, 11) is 0. The summed E-state index contributed by atoms with van der Waals surface area (Å²) in [5, 5.41) is 3.47. The van der Waals surface area contributed by atoms with Gasteiger partial charge in [-0.15, -0.1) is 0 Å². The molecular weight excluding hydrogens is 268 g/mol. The molecule has 3 aliphatic heterocycles. The highest BCUT2D eigenvalue weighted by Crippen LogP contribution is 2.37. The molecule has 4 heterocycles. The smallest absolute Gasteiger partial charge is 0.225 e. The second-order valence-corrected chi connectivity index (χ2v) is 6.24. The number of hydrogen-bond donors (Lipinski definition) is 1. The summed E-state index contributed by atoms with van der Waals surface area (Å²) in [6.45, 7) is 8.76. The van der Waals surface area contributed by atoms with Crippen LogP contribution in [0, 0.1) is 6.92 Å². The van der Waals surface area contributed by atoms with Crippen LogP contribution in [0.4, 0.5) is 5.95 Å². The fourth-order valence-corrected chi connectivity index (χ4v) is 3.58. The van der Waals surface area contributed by atoms with Gasteiger partial charge in [0, 0.05) is 30.9 Å². The van der Waals surface area contributed by atoms with E-state index in [0.29, 0.717) is 6.61 Å². The molecule has 6 nitrogen and oxygen atoms in total. The molecule has 0 saturated carbocycles. The normalized spacial score (nSPS) is 28.9. The number of aryl methyl sites for hydroxylation is 1. The van der Waals surface area contributed by atoms with Gasteiger partial charge in [-0.05, 0) is 19.9 Å². The van der Waals surface area contributed by atoms with Crippen molar-refractivity contribution in [1.29, 1.82) is 0 Å². The summed E-state index contributed by atoms with van der Waals surface area (Å²) in [6, 6.07) is 0. The summed E-state index contributed by atoms with van der Waals surface area (Å²) < 4.78 is 11.3. The molecule has 0 aromatic carbocycles. The predicted molar refractivity (Wildman–Crippen MR) is 78.6 cm³/mol. The lowest BCUT2D eigenvalue weighted by Gasteiger charge is -2.36. The minimum absolute atomic E-state index is 0.0440. The van der Waals surface area contributed by atoms with Gasteiger partial charge in [0.05, 0.1) is 37.5 Å². The molecular formula is C15H22N4O2. The van der Waals surface area contributed by atoms with Crippen LogP contribution in [0.5, 0.6) is 0 Å². The van der Waals surface area contributed by atoms with E-state index in [1.165, 1.54) is 11.3 Å². The van der Waals surface area contributed by atoms with E-state index in [-0.39, 0.29) is 5.41 Å². The molecule has 1 N–H and O–H groups in total. The SMILES string of the molecule is Cc1nc(N2CCOCC2)nc2c1COC[C@@]21CCNC1. The third-order valence-corrected chi connectivity index (χ3v) is 4.87. The maximum absolute atomic E-state index is 5.85. The highest BCUT2D eigenvalue weighted by atomic mass is 16.5. The molecule has 3 aliphatic rings. The monoisotopic (exact) mass is 290 g/mol. The summed E-state index contributed by atoms with van der Waals surface area (Å²) in [5.74, 6) is 0.864. The molecule has 0 radical (unpaired) electrons. The van der Waals surface area contributed by atoms with Crippen molar-refractivity contribution >= 4 is 5.95 Å². The van der Waals surface area contributed by atoms with E-state index in [1.807, 2.05) is 0 Å². The number of rotatable bonds is 1. The highest BCUT2D eigenvalue weighted by Gasteiger charge is 2.42. The molecule has 1 aromatic heterocycles. The van der Waals surface area contributed by atoms with Crippen molar-refractivity contribution in [3.8, 4) is 0 Å². The lowest BCUT2D eigenvalue weighted by atomic mass is 9.80. The average molecular weight is 290 g/mol. The average Bonchev–Trinajstić information content (AvgIpc) is 2.98. The third-order valence-electron chi connectivity index (χ3n) is 4.87. The van der Waals surface area contributed by atoms with Crippen molar-refractivity contribution in [1.82, 2.24) is 15.3 Å². The van der Waals surface area contributed by atoms with Crippen LogP contribution in [-0.2, 0) is 21.5 Å². The highest BCUT2D eigenvalue weighted by molar-refractivity contribution is 5.42. The maximum Gasteiger partial charge on any atom is 0.225 e. The number of aromatic nitrogens is 2. The van der Waals surface area contributed by atoms with Gasteiger partial charge in [0.25, 0.3) is 0 Å². The van der Waals surface area contributed by atoms with E-state index in [2.05, 4.69) is 17.1 Å². The first-order chi connectivity index (χ1) is 10.3. The molecule has 1 atom stereocenters. The molecule has 0 unspecified atom stereocenters. The molecule has 4 rings (SSSR count). The molecule has 0 bridgehead atoms. The molecule has 21 heavy (non-hydrogen) atoms. The van der Waals surface area contributed by atoms with Gasteiger partial charge in [0.15, 0.2) is 0 Å². The summed E-state index contributed by atoms with van der Waals surface area (Å²) >= 11 is 0. The first-order valence-electron chi connectivity index (χ1n) is 7.78. The Morgan fingerprint density at radius 3 is 2.81 bits per heavy atom. The molecule has 2 saturated heterocycles. The number of fused-ring (bicyclic) bond motifs is 2. The van der Waals surface area contributed by atoms with Crippen LogP contribution in [0.3, 0.4) is 0 Å². The van der Waals surface area contributed by atoms with Crippen molar-refractivity contribution in [2.24, 2.45) is 0 Å². The van der Waals surface area contributed by atoms with Gasteiger partial charge in [-0.3, -0.25) is 0 Å². The number of hydrogen-bond acceptors (Lipinski definition) is 6. The van der Waals surface area contributed by atoms with E-state index in [0.717, 1.165) is 64.1 Å². The van der Waals surface area contributed by atoms with E-state index in [4.69, 9.17) is 19.4 Å². The van der Waals surface area contributed by atoms with Crippen LogP contribution < -0.4 is 10.2 Å². The first kappa shape index (κ1) is 13.4. The Hall–Kier alpha value is -1.24. The van der Waals surface area contributed by atoms with E-state index < -0.39 is 0 Å². The zero-order chi connectivity index (χ0) is 14.3. The topological polar surface area (TPSA) is 59.5 Å². The zero-order valence-corrected chi connectivity index (χ0v) is 12.5. The lowest BCUT2D eigenvalue weighted by molar-refractivity contribution is 0.0544. The Kier molecular flexibility index (Phi) is 3.32. The van der Waals surface area contributed by atoms with Crippen LogP contribution in [0.1, 0.15) is 23.4 Å². The predicted octanol–water partition coefficient (Wildman–Crippen LogP) is 0.383. The fraction of sp³-hybridized carbons (Fsp3) is 0.733. The Morgan fingerprint density at radius 1 is 1.19 bits per heavy atom. The van der Waals surface area contributed by atoms with Crippen molar-refractivity contribution in [2.75, 3.05) is 50.9 Å². The number of nitrogens with one attached hydrogen (secondary N) is 1. The van der Waals surface area contributed by atoms with Gasteiger partial charge in [-0.2, -0.15) is 0 Å². The van der Waals surface area contributed by atoms with E-state index in [1.54, 1.807) is 0 Å². The molecule has 6 heteroatoms. The van der Waals surface area contributed by atoms with Gasteiger partial charge >= 0.3 is 0 Å². The van der Waals surface area contributed by atoms with Crippen LogP contribution >= 0.6 is 0 Å². The molecule has 1 aromatic rings. The van der Waals surface area contributed by atoms with Gasteiger partial charge in [-0.25, -0.2) is 9.97 Å². The van der Waals surface area contributed by atoms with Gasteiger partial charge in [0.2, 0.25) is 5.95 Å². The summed E-state index contributed by atoms with van der Waals surface area (Å²) in [4.78, 5) is 11.9.